The van der Waals surface area contributed by atoms with Gasteiger partial charge in [-0.3, -0.25) is 9.59 Å². The summed E-state index contributed by atoms with van der Waals surface area (Å²) in [5.74, 6) is 0.561. The van der Waals surface area contributed by atoms with Gasteiger partial charge in [0.25, 0.3) is 0 Å². The second kappa shape index (κ2) is 7.91. The van der Waals surface area contributed by atoms with Gasteiger partial charge in [0.15, 0.2) is 0 Å². The van der Waals surface area contributed by atoms with Gasteiger partial charge in [0.05, 0.1) is 12.8 Å². The summed E-state index contributed by atoms with van der Waals surface area (Å²) in [7, 11) is 1.58. The van der Waals surface area contributed by atoms with E-state index in [0.29, 0.717) is 30.1 Å². The fourth-order valence-corrected chi connectivity index (χ4v) is 4.37. The average Bonchev–Trinajstić information content (AvgIpc) is 3.25. The van der Waals surface area contributed by atoms with Crippen molar-refractivity contribution in [2.45, 2.75) is 26.3 Å². The van der Waals surface area contributed by atoms with E-state index in [0.717, 1.165) is 27.5 Å². The Morgan fingerprint density at radius 3 is 2.76 bits per heavy atom. The Bertz CT molecular complexity index is 1110. The first-order valence-corrected chi connectivity index (χ1v) is 10.3. The van der Waals surface area contributed by atoms with Crippen molar-refractivity contribution in [3.8, 4) is 5.75 Å². The van der Waals surface area contributed by atoms with Gasteiger partial charge >= 0.3 is 0 Å². The molecule has 4 rings (SSSR count). The molecule has 3 aromatic rings. The Kier molecular flexibility index (Phi) is 5.32. The third-order valence-electron chi connectivity index (χ3n) is 5.28. The number of hydrogen-bond acceptors (Lipinski definition) is 3. The van der Waals surface area contributed by atoms with Crippen molar-refractivity contribution in [1.29, 1.82) is 0 Å². The fraction of sp³-hybridized carbons (Fsp3) is 0.273. The van der Waals surface area contributed by atoms with Gasteiger partial charge in [0.1, 0.15) is 12.3 Å². The lowest BCUT2D eigenvalue weighted by atomic mass is 10.2. The smallest absolute Gasteiger partial charge is 0.244 e. The third kappa shape index (κ3) is 3.62. The van der Waals surface area contributed by atoms with E-state index in [-0.39, 0.29) is 18.4 Å². The summed E-state index contributed by atoms with van der Waals surface area (Å²) in [6.45, 7) is 2.85. The molecule has 0 radical (unpaired) electrons. The van der Waals surface area contributed by atoms with Crippen LogP contribution in [0.2, 0.25) is 0 Å². The van der Waals surface area contributed by atoms with Crippen molar-refractivity contribution >= 4 is 50.0 Å². The lowest BCUT2D eigenvalue weighted by Crippen LogP contribution is -2.25. The van der Waals surface area contributed by atoms with Crippen LogP contribution >= 0.6 is 15.9 Å². The molecular formula is C22H22BrN3O3. The quantitative estimate of drug-likeness (QED) is 0.616. The lowest BCUT2D eigenvalue weighted by Gasteiger charge is -2.20. The Labute approximate surface area is 177 Å². The molecule has 150 valence electrons. The van der Waals surface area contributed by atoms with E-state index >= 15 is 0 Å². The van der Waals surface area contributed by atoms with Gasteiger partial charge in [-0.15, -0.1) is 0 Å². The number of halogens is 1. The summed E-state index contributed by atoms with van der Waals surface area (Å²) in [5.41, 5.74) is 3.33. The van der Waals surface area contributed by atoms with Gasteiger partial charge in [-0.1, -0.05) is 18.2 Å². The summed E-state index contributed by atoms with van der Waals surface area (Å²) in [5, 5.41) is 4.03. The molecular weight excluding hydrogens is 434 g/mol. The van der Waals surface area contributed by atoms with Crippen LogP contribution in [0.1, 0.15) is 18.5 Å². The minimum Gasteiger partial charge on any atom is -0.495 e. The Hall–Kier alpha value is -2.80. The molecule has 0 atom stereocenters. The molecule has 1 aromatic heterocycles. The molecule has 1 fully saturated rings. The number of hydrogen-bond donors (Lipinski definition) is 1. The normalized spacial score (nSPS) is 13.9. The highest BCUT2D eigenvalue weighted by Crippen LogP contribution is 2.34. The van der Waals surface area contributed by atoms with E-state index in [1.807, 2.05) is 35.8 Å². The maximum absolute atomic E-state index is 12.8. The number of benzene rings is 2. The Morgan fingerprint density at radius 2 is 2.03 bits per heavy atom. The number of carbonyl (C=O) groups excluding carboxylic acids is 2. The van der Waals surface area contributed by atoms with Crippen LogP contribution in [0.5, 0.6) is 5.75 Å². The standard InChI is InChI=1S/C22H22BrN3O3/c1-14-22(23)16-6-3-4-7-17(16)26(14)13-20(27)24-15-9-10-19(29-2)18(12-15)25-11-5-8-21(25)28/h3-4,6-7,9-10,12H,5,8,11,13H2,1-2H3,(H,24,27). The van der Waals surface area contributed by atoms with Crippen LogP contribution in [0.3, 0.4) is 0 Å². The molecule has 0 spiro atoms. The molecule has 0 bridgehead atoms. The van der Waals surface area contributed by atoms with Crippen LogP contribution in [0.4, 0.5) is 11.4 Å². The van der Waals surface area contributed by atoms with Gasteiger partial charge in [0, 0.05) is 39.7 Å². The highest BCUT2D eigenvalue weighted by atomic mass is 79.9. The van der Waals surface area contributed by atoms with E-state index in [2.05, 4.69) is 21.2 Å². The van der Waals surface area contributed by atoms with Gasteiger partial charge in [-0.05, 0) is 53.5 Å². The molecule has 1 aliphatic heterocycles. The van der Waals surface area contributed by atoms with Crippen molar-refractivity contribution in [3.05, 3.63) is 52.6 Å². The number of nitrogens with zero attached hydrogens (tertiary/aromatic N) is 2. The molecule has 1 N–H and O–H groups in total. The lowest BCUT2D eigenvalue weighted by molar-refractivity contribution is -0.117. The van der Waals surface area contributed by atoms with Gasteiger partial charge in [-0.2, -0.15) is 0 Å². The predicted molar refractivity (Wildman–Crippen MR) is 118 cm³/mol. The van der Waals surface area contributed by atoms with Crippen molar-refractivity contribution in [3.63, 3.8) is 0 Å². The van der Waals surface area contributed by atoms with Crippen LogP contribution < -0.4 is 15.0 Å². The zero-order valence-corrected chi connectivity index (χ0v) is 18.0. The second-order valence-corrected chi connectivity index (χ2v) is 7.88. The molecule has 1 saturated heterocycles. The van der Waals surface area contributed by atoms with Gasteiger partial charge in [-0.25, -0.2) is 0 Å². The largest absolute Gasteiger partial charge is 0.495 e. The molecule has 2 amide bonds. The maximum Gasteiger partial charge on any atom is 0.244 e. The number of methoxy groups -OCH3 is 1. The Morgan fingerprint density at radius 1 is 1.24 bits per heavy atom. The summed E-state index contributed by atoms with van der Waals surface area (Å²) in [4.78, 5) is 26.7. The number of fused-ring (bicyclic) bond motifs is 1. The molecule has 0 saturated carbocycles. The van der Waals surface area contributed by atoms with Crippen LogP contribution in [0, 0.1) is 6.92 Å². The number of para-hydroxylation sites is 1. The number of amides is 2. The second-order valence-electron chi connectivity index (χ2n) is 7.09. The van der Waals surface area contributed by atoms with Crippen LogP contribution in [0.15, 0.2) is 46.9 Å². The first-order valence-electron chi connectivity index (χ1n) is 9.51. The minimum atomic E-state index is -0.134. The SMILES string of the molecule is COc1ccc(NC(=O)Cn2c(C)c(Br)c3ccccc32)cc1N1CCCC1=O. The van der Waals surface area contributed by atoms with Crippen LogP contribution in [-0.2, 0) is 16.1 Å². The van der Waals surface area contributed by atoms with E-state index in [4.69, 9.17) is 4.74 Å². The van der Waals surface area contributed by atoms with E-state index in [1.54, 1.807) is 30.2 Å². The number of rotatable bonds is 5. The highest BCUT2D eigenvalue weighted by molar-refractivity contribution is 9.10. The predicted octanol–water partition coefficient (Wildman–Crippen LogP) is 4.49. The summed E-state index contributed by atoms with van der Waals surface area (Å²) < 4.78 is 8.40. The molecule has 6 nitrogen and oxygen atoms in total. The topological polar surface area (TPSA) is 63.6 Å². The molecule has 0 aliphatic carbocycles. The van der Waals surface area contributed by atoms with Crippen LogP contribution in [-0.4, -0.2) is 30.0 Å². The zero-order valence-electron chi connectivity index (χ0n) is 16.4. The molecule has 29 heavy (non-hydrogen) atoms. The summed E-state index contributed by atoms with van der Waals surface area (Å²) >= 11 is 3.62. The van der Waals surface area contributed by atoms with Crippen LogP contribution in [0.25, 0.3) is 10.9 Å². The minimum absolute atomic E-state index is 0.0751. The molecule has 0 unspecified atom stereocenters. The Balaban J connectivity index is 1.58. The summed E-state index contributed by atoms with van der Waals surface area (Å²) in [6.07, 6.45) is 1.36. The fourth-order valence-electron chi connectivity index (χ4n) is 3.82. The number of anilines is 2. The highest BCUT2D eigenvalue weighted by Gasteiger charge is 2.25. The van der Waals surface area contributed by atoms with Crippen molar-refractivity contribution < 1.29 is 14.3 Å². The molecule has 2 heterocycles. The van der Waals surface area contributed by atoms with Gasteiger partial charge < -0.3 is 19.5 Å². The maximum atomic E-state index is 12.8. The average molecular weight is 456 g/mol. The number of nitrogens with one attached hydrogen (secondary N) is 1. The monoisotopic (exact) mass is 455 g/mol. The number of aromatic nitrogens is 1. The first-order chi connectivity index (χ1) is 14.0. The van der Waals surface area contributed by atoms with Gasteiger partial charge in [0.2, 0.25) is 11.8 Å². The summed E-state index contributed by atoms with van der Waals surface area (Å²) in [6, 6.07) is 13.4. The third-order valence-corrected chi connectivity index (χ3v) is 6.28. The van der Waals surface area contributed by atoms with E-state index in [1.165, 1.54) is 0 Å². The van der Waals surface area contributed by atoms with E-state index < -0.39 is 0 Å². The number of ether oxygens (including phenoxy) is 1. The number of carbonyl (C=O) groups is 2. The molecule has 1 aliphatic rings. The zero-order chi connectivity index (χ0) is 20.5. The first kappa shape index (κ1) is 19.5. The van der Waals surface area contributed by atoms with Crippen molar-refractivity contribution in [2.24, 2.45) is 0 Å². The van der Waals surface area contributed by atoms with Crippen molar-refractivity contribution in [2.75, 3.05) is 23.9 Å². The van der Waals surface area contributed by atoms with Crippen molar-refractivity contribution in [1.82, 2.24) is 4.57 Å². The molecule has 7 heteroatoms. The van der Waals surface area contributed by atoms with E-state index in [9.17, 15) is 9.59 Å². The molecule has 2 aromatic carbocycles.